The van der Waals surface area contributed by atoms with E-state index in [1.54, 1.807) is 12.1 Å². The number of nitrogens with two attached hydrogens (primary N) is 2. The van der Waals surface area contributed by atoms with E-state index in [9.17, 15) is 8.42 Å². The van der Waals surface area contributed by atoms with Crippen molar-refractivity contribution in [3.63, 3.8) is 0 Å². The highest BCUT2D eigenvalue weighted by atomic mass is 32.2. The van der Waals surface area contributed by atoms with Gasteiger partial charge in [-0.15, -0.1) is 0 Å². The molecule has 0 aliphatic carbocycles. The van der Waals surface area contributed by atoms with Crippen molar-refractivity contribution in [1.82, 2.24) is 0 Å². The molecule has 1 rings (SSSR count). The standard InChI is InChI=1S/C11H17N3O2S/c1-8(2)6-7-14-9-4-3-5-10(11(9)12)17(13,15)16/h3-6,14H,7,12H2,1-2H3,(H2,13,15,16). The molecule has 0 aliphatic heterocycles. The van der Waals surface area contributed by atoms with Gasteiger partial charge in [-0.25, -0.2) is 13.6 Å². The molecule has 6 heteroatoms. The molecule has 0 atom stereocenters. The van der Waals surface area contributed by atoms with E-state index in [4.69, 9.17) is 10.9 Å². The van der Waals surface area contributed by atoms with E-state index in [1.807, 2.05) is 19.9 Å². The first-order valence-corrected chi connectivity index (χ1v) is 6.65. The van der Waals surface area contributed by atoms with Crippen LogP contribution in [0.2, 0.25) is 0 Å². The molecule has 0 unspecified atom stereocenters. The molecule has 1 aromatic carbocycles. The molecule has 0 fully saturated rings. The summed E-state index contributed by atoms with van der Waals surface area (Å²) in [6.07, 6.45) is 1.98. The Labute approximate surface area is 102 Å². The lowest BCUT2D eigenvalue weighted by Gasteiger charge is -2.10. The number of anilines is 2. The number of allylic oxidation sites excluding steroid dienone is 1. The molecular weight excluding hydrogens is 238 g/mol. The molecule has 0 radical (unpaired) electrons. The van der Waals surface area contributed by atoms with E-state index in [0.717, 1.165) is 0 Å². The summed E-state index contributed by atoms with van der Waals surface area (Å²) in [5.74, 6) is 0. The van der Waals surface area contributed by atoms with E-state index in [1.165, 1.54) is 11.6 Å². The number of rotatable bonds is 4. The molecule has 0 saturated carbocycles. The second-order valence-electron chi connectivity index (χ2n) is 3.92. The SMILES string of the molecule is CC(C)=CCNc1cccc(S(N)(=O)=O)c1N. The Morgan fingerprint density at radius 1 is 1.41 bits per heavy atom. The average molecular weight is 255 g/mol. The zero-order valence-electron chi connectivity index (χ0n) is 9.90. The van der Waals surface area contributed by atoms with Gasteiger partial charge in [-0.2, -0.15) is 0 Å². The number of benzene rings is 1. The average Bonchev–Trinajstić information content (AvgIpc) is 2.18. The minimum Gasteiger partial charge on any atom is -0.396 e. The van der Waals surface area contributed by atoms with Crippen LogP contribution in [0.1, 0.15) is 13.8 Å². The Bertz CT molecular complexity index is 532. The summed E-state index contributed by atoms with van der Waals surface area (Å²) in [7, 11) is -3.78. The third-order valence-corrected chi connectivity index (χ3v) is 3.14. The van der Waals surface area contributed by atoms with Crippen molar-refractivity contribution in [3.05, 3.63) is 29.8 Å². The Morgan fingerprint density at radius 3 is 2.59 bits per heavy atom. The van der Waals surface area contributed by atoms with Gasteiger partial charge < -0.3 is 11.1 Å². The van der Waals surface area contributed by atoms with Crippen molar-refractivity contribution in [2.75, 3.05) is 17.6 Å². The van der Waals surface area contributed by atoms with Gasteiger partial charge in [0.15, 0.2) is 0 Å². The number of nitrogens with one attached hydrogen (secondary N) is 1. The van der Waals surface area contributed by atoms with Gasteiger partial charge in [0, 0.05) is 6.54 Å². The van der Waals surface area contributed by atoms with E-state index < -0.39 is 10.0 Å². The van der Waals surface area contributed by atoms with Crippen LogP contribution in [0.4, 0.5) is 11.4 Å². The lowest BCUT2D eigenvalue weighted by atomic mass is 10.2. The van der Waals surface area contributed by atoms with Crippen LogP contribution in [0.25, 0.3) is 0 Å². The van der Waals surface area contributed by atoms with Gasteiger partial charge in [0.1, 0.15) is 4.90 Å². The van der Waals surface area contributed by atoms with Gasteiger partial charge >= 0.3 is 0 Å². The quantitative estimate of drug-likeness (QED) is 0.557. The van der Waals surface area contributed by atoms with Crippen molar-refractivity contribution in [1.29, 1.82) is 0 Å². The zero-order valence-corrected chi connectivity index (χ0v) is 10.7. The van der Waals surface area contributed by atoms with Crippen LogP contribution in [-0.2, 0) is 10.0 Å². The van der Waals surface area contributed by atoms with Gasteiger partial charge in [0.25, 0.3) is 0 Å². The fraction of sp³-hybridized carbons (Fsp3) is 0.273. The predicted octanol–water partition coefficient (Wildman–Crippen LogP) is 1.29. The monoisotopic (exact) mass is 255 g/mol. The molecule has 0 aromatic heterocycles. The summed E-state index contributed by atoms with van der Waals surface area (Å²) in [5.41, 5.74) is 7.62. The molecule has 94 valence electrons. The summed E-state index contributed by atoms with van der Waals surface area (Å²) in [5, 5.41) is 8.09. The van der Waals surface area contributed by atoms with Gasteiger partial charge in [-0.05, 0) is 26.0 Å². The maximum Gasteiger partial charge on any atom is 0.240 e. The maximum atomic E-state index is 11.2. The van der Waals surface area contributed by atoms with Crippen molar-refractivity contribution in [2.24, 2.45) is 5.14 Å². The molecule has 17 heavy (non-hydrogen) atoms. The fourth-order valence-electron chi connectivity index (χ4n) is 1.31. The largest absolute Gasteiger partial charge is 0.396 e. The summed E-state index contributed by atoms with van der Waals surface area (Å²) in [6, 6.07) is 4.69. The number of nitrogen functional groups attached to an aromatic ring is 1. The molecule has 5 N–H and O–H groups in total. The first-order valence-electron chi connectivity index (χ1n) is 5.11. The van der Waals surface area contributed by atoms with Crippen LogP contribution in [-0.4, -0.2) is 15.0 Å². The van der Waals surface area contributed by atoms with Gasteiger partial charge in [-0.1, -0.05) is 17.7 Å². The second kappa shape index (κ2) is 5.20. The van der Waals surface area contributed by atoms with Crippen molar-refractivity contribution in [3.8, 4) is 0 Å². The molecular formula is C11H17N3O2S. The van der Waals surface area contributed by atoms with Gasteiger partial charge in [0.2, 0.25) is 10.0 Å². The van der Waals surface area contributed by atoms with E-state index in [-0.39, 0.29) is 10.6 Å². The zero-order chi connectivity index (χ0) is 13.1. The summed E-state index contributed by atoms with van der Waals surface area (Å²) in [4.78, 5) is -0.0558. The van der Waals surface area contributed by atoms with E-state index in [2.05, 4.69) is 5.32 Å². The number of sulfonamides is 1. The van der Waals surface area contributed by atoms with Crippen LogP contribution in [0.5, 0.6) is 0 Å². The topological polar surface area (TPSA) is 98.2 Å². The molecule has 0 saturated heterocycles. The first-order chi connectivity index (χ1) is 7.82. The molecule has 1 aromatic rings. The summed E-state index contributed by atoms with van der Waals surface area (Å²) >= 11 is 0. The number of primary sulfonamides is 1. The predicted molar refractivity (Wildman–Crippen MR) is 70.1 cm³/mol. The lowest BCUT2D eigenvalue weighted by Crippen LogP contribution is -2.15. The second-order valence-corrected chi connectivity index (χ2v) is 5.45. The fourth-order valence-corrected chi connectivity index (χ4v) is 2.00. The molecule has 0 spiro atoms. The molecule has 5 nitrogen and oxygen atoms in total. The van der Waals surface area contributed by atoms with Crippen molar-refractivity contribution >= 4 is 21.4 Å². The molecule has 0 heterocycles. The number of hydrogen-bond donors (Lipinski definition) is 3. The Morgan fingerprint density at radius 2 is 2.06 bits per heavy atom. The van der Waals surface area contributed by atoms with Crippen LogP contribution in [0.3, 0.4) is 0 Å². The van der Waals surface area contributed by atoms with Crippen molar-refractivity contribution < 1.29 is 8.42 Å². The molecule has 0 bridgehead atoms. The molecule has 0 amide bonds. The Kier molecular flexibility index (Phi) is 4.14. The third kappa shape index (κ3) is 3.76. The number of hydrogen-bond acceptors (Lipinski definition) is 4. The summed E-state index contributed by atoms with van der Waals surface area (Å²) in [6.45, 7) is 4.54. The lowest BCUT2D eigenvalue weighted by molar-refractivity contribution is 0.598. The smallest absolute Gasteiger partial charge is 0.240 e. The van der Waals surface area contributed by atoms with Crippen LogP contribution < -0.4 is 16.2 Å². The third-order valence-electron chi connectivity index (χ3n) is 2.18. The highest BCUT2D eigenvalue weighted by Gasteiger charge is 2.13. The van der Waals surface area contributed by atoms with Crippen LogP contribution in [0.15, 0.2) is 34.7 Å². The normalized spacial score (nSPS) is 11.0. The Hall–Kier alpha value is -1.53. The highest BCUT2D eigenvalue weighted by Crippen LogP contribution is 2.25. The van der Waals surface area contributed by atoms with Crippen LogP contribution >= 0.6 is 0 Å². The van der Waals surface area contributed by atoms with E-state index in [0.29, 0.717) is 12.2 Å². The van der Waals surface area contributed by atoms with Crippen LogP contribution in [0, 0.1) is 0 Å². The minimum atomic E-state index is -3.78. The minimum absolute atomic E-state index is 0.0558. The maximum absolute atomic E-state index is 11.2. The van der Waals surface area contributed by atoms with Crippen molar-refractivity contribution in [2.45, 2.75) is 18.7 Å². The van der Waals surface area contributed by atoms with Gasteiger partial charge in [-0.3, -0.25) is 0 Å². The highest BCUT2D eigenvalue weighted by molar-refractivity contribution is 7.89. The first kappa shape index (κ1) is 13.5. The van der Waals surface area contributed by atoms with Gasteiger partial charge in [0.05, 0.1) is 11.4 Å². The molecule has 0 aliphatic rings. The Balaban J connectivity index is 3.00. The van der Waals surface area contributed by atoms with E-state index >= 15 is 0 Å². The summed E-state index contributed by atoms with van der Waals surface area (Å²) < 4.78 is 22.5. The number of para-hydroxylation sites is 1.